The quantitative estimate of drug-likeness (QED) is 0.639. The third kappa shape index (κ3) is 1.14. The maximum atomic E-state index is 2.46. The smallest absolute Gasteiger partial charge is 0.0197 e. The van der Waals surface area contributed by atoms with Crippen LogP contribution in [0.1, 0.15) is 12.0 Å². The zero-order valence-electron chi connectivity index (χ0n) is 8.49. The summed E-state index contributed by atoms with van der Waals surface area (Å²) in [6.07, 6.45) is 1.34. The molecule has 1 atom stereocenters. The van der Waals surface area contributed by atoms with Crippen molar-refractivity contribution in [3.8, 4) is 0 Å². The van der Waals surface area contributed by atoms with Gasteiger partial charge in [-0.1, -0.05) is 18.2 Å². The Hall–Kier alpha value is -0.470. The van der Waals surface area contributed by atoms with Crippen LogP contribution in [0.25, 0.3) is 0 Å². The van der Waals surface area contributed by atoms with E-state index in [-0.39, 0.29) is 0 Å². The van der Waals surface area contributed by atoms with Gasteiger partial charge in [0.25, 0.3) is 0 Å². The van der Waals surface area contributed by atoms with Crippen LogP contribution >= 0.6 is 11.8 Å². The van der Waals surface area contributed by atoms with E-state index in [9.17, 15) is 0 Å². The number of fused-ring (bicyclic) bond motifs is 2. The Bertz CT molecular complexity index is 359. The third-order valence-electron chi connectivity index (χ3n) is 3.51. The predicted octanol–water partition coefficient (Wildman–Crippen LogP) is 2.37. The van der Waals surface area contributed by atoms with Gasteiger partial charge in [0.15, 0.2) is 0 Å². The highest BCUT2D eigenvalue weighted by molar-refractivity contribution is 7.99. The molecule has 1 aromatic rings. The van der Waals surface area contributed by atoms with Gasteiger partial charge in [0.05, 0.1) is 0 Å². The molecule has 3 rings (SSSR count). The average Bonchev–Trinajstić information content (AvgIpc) is 2.75. The van der Waals surface area contributed by atoms with Crippen molar-refractivity contribution in [3.63, 3.8) is 0 Å². The van der Waals surface area contributed by atoms with E-state index in [1.807, 2.05) is 11.8 Å². The summed E-state index contributed by atoms with van der Waals surface area (Å²) < 4.78 is 0. The molecular formula is C12H15NS. The molecule has 0 aliphatic carbocycles. The molecular weight excluding hydrogens is 190 g/mol. The summed E-state index contributed by atoms with van der Waals surface area (Å²) in [6.45, 7) is 2.51. The first-order valence-electron chi connectivity index (χ1n) is 5.21. The summed E-state index contributed by atoms with van der Waals surface area (Å²) in [7, 11) is 2.24. The second-order valence-corrected chi connectivity index (χ2v) is 5.57. The highest BCUT2D eigenvalue weighted by atomic mass is 32.2. The van der Waals surface area contributed by atoms with E-state index in [2.05, 4.69) is 36.2 Å². The first-order valence-corrected chi connectivity index (χ1v) is 6.20. The van der Waals surface area contributed by atoms with Crippen molar-refractivity contribution < 1.29 is 0 Å². The fraction of sp³-hybridized carbons (Fsp3) is 0.500. The lowest BCUT2D eigenvalue weighted by Gasteiger charge is -2.23. The Morgan fingerprint density at radius 1 is 1.36 bits per heavy atom. The molecule has 0 bridgehead atoms. The van der Waals surface area contributed by atoms with Crippen molar-refractivity contribution in [3.05, 3.63) is 29.8 Å². The number of nitrogens with zero attached hydrogens (tertiary/aromatic N) is 1. The first-order chi connectivity index (χ1) is 6.80. The molecule has 1 saturated heterocycles. The van der Waals surface area contributed by atoms with Gasteiger partial charge in [-0.15, -0.1) is 11.8 Å². The topological polar surface area (TPSA) is 3.24 Å². The van der Waals surface area contributed by atoms with Crippen molar-refractivity contribution in [1.82, 2.24) is 4.90 Å². The highest BCUT2D eigenvalue weighted by Crippen LogP contribution is 2.48. The lowest BCUT2D eigenvalue weighted by atomic mass is 9.82. The van der Waals surface area contributed by atoms with Crippen LogP contribution in [-0.2, 0) is 5.41 Å². The minimum absolute atomic E-state index is 0.482. The zero-order valence-corrected chi connectivity index (χ0v) is 9.31. The summed E-state index contributed by atoms with van der Waals surface area (Å²) in [4.78, 5) is 3.98. The Balaban J connectivity index is 2.05. The number of rotatable bonds is 0. The van der Waals surface area contributed by atoms with Gasteiger partial charge in [0.2, 0.25) is 0 Å². The number of benzene rings is 1. The zero-order chi connectivity index (χ0) is 9.60. The van der Waals surface area contributed by atoms with E-state index >= 15 is 0 Å². The maximum Gasteiger partial charge on any atom is 0.0197 e. The average molecular weight is 205 g/mol. The van der Waals surface area contributed by atoms with Gasteiger partial charge in [-0.2, -0.15) is 0 Å². The van der Waals surface area contributed by atoms with Gasteiger partial charge in [0, 0.05) is 22.6 Å². The molecule has 0 saturated carbocycles. The molecule has 2 aliphatic heterocycles. The van der Waals surface area contributed by atoms with E-state index in [1.165, 1.54) is 30.2 Å². The molecule has 14 heavy (non-hydrogen) atoms. The van der Waals surface area contributed by atoms with Crippen molar-refractivity contribution in [2.75, 3.05) is 25.9 Å². The largest absolute Gasteiger partial charge is 0.305 e. The van der Waals surface area contributed by atoms with E-state index in [1.54, 1.807) is 5.56 Å². The van der Waals surface area contributed by atoms with E-state index in [0.717, 1.165) is 0 Å². The fourth-order valence-electron chi connectivity index (χ4n) is 2.74. The normalized spacial score (nSPS) is 31.2. The summed E-state index contributed by atoms with van der Waals surface area (Å²) in [5.41, 5.74) is 2.09. The molecule has 1 fully saturated rings. The minimum Gasteiger partial charge on any atom is -0.305 e. The number of likely N-dealkylation sites (tertiary alicyclic amines) is 1. The van der Waals surface area contributed by atoms with Gasteiger partial charge in [-0.05, 0) is 31.6 Å². The minimum atomic E-state index is 0.482. The van der Waals surface area contributed by atoms with Gasteiger partial charge < -0.3 is 4.90 Å². The van der Waals surface area contributed by atoms with Crippen LogP contribution in [-0.4, -0.2) is 30.8 Å². The van der Waals surface area contributed by atoms with Crippen LogP contribution in [0, 0.1) is 0 Å². The number of hydrogen-bond donors (Lipinski definition) is 0. The molecule has 0 N–H and O–H groups in total. The SMILES string of the molecule is CN1CCC2(CSc3ccccc32)C1. The Morgan fingerprint density at radius 2 is 2.21 bits per heavy atom. The van der Waals surface area contributed by atoms with E-state index in [0.29, 0.717) is 5.41 Å². The third-order valence-corrected chi connectivity index (χ3v) is 4.87. The number of likely N-dealkylation sites (N-methyl/N-ethyl adjacent to an activating group) is 1. The van der Waals surface area contributed by atoms with Gasteiger partial charge in [-0.3, -0.25) is 0 Å². The monoisotopic (exact) mass is 205 g/mol. The number of hydrogen-bond acceptors (Lipinski definition) is 2. The second kappa shape index (κ2) is 3.01. The molecule has 2 heteroatoms. The Kier molecular flexibility index (Phi) is 1.89. The van der Waals surface area contributed by atoms with Crippen LogP contribution in [0.3, 0.4) is 0 Å². The number of thioether (sulfide) groups is 1. The van der Waals surface area contributed by atoms with Gasteiger partial charge >= 0.3 is 0 Å². The molecule has 1 unspecified atom stereocenters. The van der Waals surface area contributed by atoms with Crippen LogP contribution in [0.4, 0.5) is 0 Å². The highest BCUT2D eigenvalue weighted by Gasteiger charge is 2.43. The van der Waals surface area contributed by atoms with Crippen molar-refractivity contribution in [2.24, 2.45) is 0 Å². The summed E-state index contributed by atoms with van der Waals surface area (Å²) in [5.74, 6) is 1.29. The summed E-state index contributed by atoms with van der Waals surface area (Å²) in [5, 5.41) is 0. The molecule has 1 aromatic carbocycles. The van der Waals surface area contributed by atoms with Crippen LogP contribution < -0.4 is 0 Å². The fourth-order valence-corrected chi connectivity index (χ4v) is 4.18. The van der Waals surface area contributed by atoms with Crippen molar-refractivity contribution >= 4 is 11.8 Å². The van der Waals surface area contributed by atoms with Crippen LogP contribution in [0.2, 0.25) is 0 Å². The molecule has 0 radical (unpaired) electrons. The standard InChI is InChI=1S/C12H15NS/c1-13-7-6-12(8-13)9-14-11-5-3-2-4-10(11)12/h2-5H,6-9H2,1H3. The lowest BCUT2D eigenvalue weighted by molar-refractivity contribution is 0.384. The first kappa shape index (κ1) is 8.81. The molecule has 2 heterocycles. The van der Waals surface area contributed by atoms with Gasteiger partial charge in [0.1, 0.15) is 0 Å². The molecule has 2 aliphatic rings. The Morgan fingerprint density at radius 3 is 3.00 bits per heavy atom. The van der Waals surface area contributed by atoms with Crippen molar-refractivity contribution in [2.45, 2.75) is 16.7 Å². The Labute approximate surface area is 89.5 Å². The molecule has 1 nitrogen and oxygen atoms in total. The molecule has 74 valence electrons. The molecule has 0 amide bonds. The molecule has 0 aromatic heterocycles. The second-order valence-electron chi connectivity index (χ2n) is 4.55. The van der Waals surface area contributed by atoms with Gasteiger partial charge in [-0.25, -0.2) is 0 Å². The molecule has 1 spiro atoms. The van der Waals surface area contributed by atoms with Crippen LogP contribution in [0.15, 0.2) is 29.2 Å². The summed E-state index contributed by atoms with van der Waals surface area (Å²) in [6, 6.07) is 8.94. The summed E-state index contributed by atoms with van der Waals surface area (Å²) >= 11 is 2.04. The van der Waals surface area contributed by atoms with E-state index in [4.69, 9.17) is 0 Å². The lowest BCUT2D eigenvalue weighted by Crippen LogP contribution is -2.29. The predicted molar refractivity (Wildman–Crippen MR) is 61.0 cm³/mol. The maximum absolute atomic E-state index is 2.46. The van der Waals surface area contributed by atoms with E-state index < -0.39 is 0 Å². The van der Waals surface area contributed by atoms with Crippen LogP contribution in [0.5, 0.6) is 0 Å². The van der Waals surface area contributed by atoms with Crippen molar-refractivity contribution in [1.29, 1.82) is 0 Å².